The van der Waals surface area contributed by atoms with E-state index in [0.717, 1.165) is 12.0 Å². The van der Waals surface area contributed by atoms with Gasteiger partial charge in [0, 0.05) is 18.2 Å². The molecule has 1 aliphatic heterocycles. The molecule has 0 fully saturated rings. The number of amides is 2. The highest BCUT2D eigenvalue weighted by Crippen LogP contribution is 2.34. The molecule has 1 aromatic rings. The number of benzene rings is 1. The van der Waals surface area contributed by atoms with Crippen molar-refractivity contribution >= 4 is 27.5 Å². The number of hydrogen-bond acceptors (Lipinski definition) is 4. The molecule has 25 heavy (non-hydrogen) atoms. The maximum Gasteiger partial charge on any atom is 0.251 e. The van der Waals surface area contributed by atoms with Gasteiger partial charge in [0.05, 0.1) is 11.9 Å². The summed E-state index contributed by atoms with van der Waals surface area (Å²) < 4.78 is 25.2. The molecule has 2 amide bonds. The van der Waals surface area contributed by atoms with E-state index in [9.17, 15) is 18.0 Å². The van der Waals surface area contributed by atoms with Crippen molar-refractivity contribution in [3.05, 3.63) is 29.3 Å². The highest BCUT2D eigenvalue weighted by Gasteiger charge is 2.32. The third-order valence-electron chi connectivity index (χ3n) is 4.14. The Bertz CT molecular complexity index is 776. The number of nitrogens with zero attached hydrogens (tertiary/aromatic N) is 1. The molecule has 2 rings (SSSR count). The van der Waals surface area contributed by atoms with Crippen molar-refractivity contribution in [1.82, 2.24) is 10.6 Å². The maximum atomic E-state index is 12.4. The lowest BCUT2D eigenvalue weighted by Crippen LogP contribution is -2.45. The van der Waals surface area contributed by atoms with Gasteiger partial charge >= 0.3 is 0 Å². The number of hydrogen-bond donors (Lipinski definition) is 2. The summed E-state index contributed by atoms with van der Waals surface area (Å²) in [6.45, 7) is 5.98. The first kappa shape index (κ1) is 19.2. The fourth-order valence-corrected chi connectivity index (χ4v) is 4.26. The van der Waals surface area contributed by atoms with Crippen LogP contribution in [0.1, 0.15) is 43.1 Å². The van der Waals surface area contributed by atoms with Gasteiger partial charge in [0.25, 0.3) is 5.91 Å². The molecule has 0 aliphatic carbocycles. The number of carbonyl (C=O) groups excluding carboxylic acids is 2. The predicted molar refractivity (Wildman–Crippen MR) is 97.2 cm³/mol. The SMILES string of the molecule is CCCNC(=O)[C@@H](C)NC(=O)c1ccc2c(c1)C[C@H](C)N2S(C)(=O)=O. The van der Waals surface area contributed by atoms with E-state index in [-0.39, 0.29) is 17.9 Å². The third-order valence-corrected chi connectivity index (χ3v) is 5.41. The van der Waals surface area contributed by atoms with Gasteiger partial charge in [-0.3, -0.25) is 13.9 Å². The summed E-state index contributed by atoms with van der Waals surface area (Å²) in [7, 11) is -3.36. The summed E-state index contributed by atoms with van der Waals surface area (Å²) in [5.41, 5.74) is 1.84. The van der Waals surface area contributed by atoms with Gasteiger partial charge in [-0.15, -0.1) is 0 Å². The van der Waals surface area contributed by atoms with Gasteiger partial charge in [-0.25, -0.2) is 8.42 Å². The van der Waals surface area contributed by atoms with Crippen molar-refractivity contribution in [2.45, 2.75) is 45.7 Å². The molecule has 8 heteroatoms. The van der Waals surface area contributed by atoms with Crippen LogP contribution in [0, 0.1) is 0 Å². The van der Waals surface area contributed by atoms with Gasteiger partial charge in [0.1, 0.15) is 6.04 Å². The first-order chi connectivity index (χ1) is 11.6. The van der Waals surface area contributed by atoms with Crippen LogP contribution in [0.2, 0.25) is 0 Å². The second kappa shape index (κ2) is 7.43. The minimum absolute atomic E-state index is 0.179. The summed E-state index contributed by atoms with van der Waals surface area (Å²) in [4.78, 5) is 24.2. The van der Waals surface area contributed by atoms with Gasteiger partial charge in [0.2, 0.25) is 15.9 Å². The second-order valence-electron chi connectivity index (χ2n) is 6.44. The zero-order valence-electron chi connectivity index (χ0n) is 15.0. The molecule has 0 saturated heterocycles. The Morgan fingerprint density at radius 2 is 2.04 bits per heavy atom. The Morgan fingerprint density at radius 1 is 1.36 bits per heavy atom. The molecule has 2 N–H and O–H groups in total. The van der Waals surface area contributed by atoms with Crippen LogP contribution in [-0.4, -0.2) is 45.1 Å². The average Bonchev–Trinajstić information content (AvgIpc) is 2.86. The van der Waals surface area contributed by atoms with E-state index < -0.39 is 16.1 Å². The smallest absolute Gasteiger partial charge is 0.251 e. The van der Waals surface area contributed by atoms with Crippen LogP contribution in [0.5, 0.6) is 0 Å². The monoisotopic (exact) mass is 367 g/mol. The molecule has 0 radical (unpaired) electrons. The van der Waals surface area contributed by atoms with Crippen LogP contribution < -0.4 is 14.9 Å². The van der Waals surface area contributed by atoms with Gasteiger partial charge in [-0.2, -0.15) is 0 Å². The minimum Gasteiger partial charge on any atom is -0.354 e. The fourth-order valence-electron chi connectivity index (χ4n) is 3.00. The molecular weight excluding hydrogens is 342 g/mol. The Hall–Kier alpha value is -2.09. The Labute approximate surface area is 148 Å². The quantitative estimate of drug-likeness (QED) is 0.785. The van der Waals surface area contributed by atoms with E-state index in [1.165, 1.54) is 10.6 Å². The molecule has 138 valence electrons. The Kier molecular flexibility index (Phi) is 5.72. The lowest BCUT2D eigenvalue weighted by molar-refractivity contribution is -0.122. The van der Waals surface area contributed by atoms with Crippen LogP contribution >= 0.6 is 0 Å². The molecule has 0 unspecified atom stereocenters. The number of anilines is 1. The lowest BCUT2D eigenvalue weighted by atomic mass is 10.1. The van der Waals surface area contributed by atoms with Crippen LogP contribution in [0.3, 0.4) is 0 Å². The van der Waals surface area contributed by atoms with E-state index in [1.807, 2.05) is 13.8 Å². The number of nitrogens with one attached hydrogen (secondary N) is 2. The summed E-state index contributed by atoms with van der Waals surface area (Å²) in [5.74, 6) is -0.583. The third kappa shape index (κ3) is 4.31. The topological polar surface area (TPSA) is 95.6 Å². The number of rotatable bonds is 6. The minimum atomic E-state index is -3.36. The molecule has 0 aromatic heterocycles. The highest BCUT2D eigenvalue weighted by molar-refractivity contribution is 7.92. The van der Waals surface area contributed by atoms with Gasteiger partial charge < -0.3 is 10.6 Å². The molecule has 0 spiro atoms. The van der Waals surface area contributed by atoms with E-state index >= 15 is 0 Å². The summed E-state index contributed by atoms with van der Waals surface area (Å²) in [6.07, 6.45) is 2.55. The first-order valence-electron chi connectivity index (χ1n) is 8.36. The van der Waals surface area contributed by atoms with Crippen molar-refractivity contribution in [1.29, 1.82) is 0 Å². The summed E-state index contributed by atoms with van der Waals surface area (Å²) in [5, 5.41) is 5.40. The molecule has 0 bridgehead atoms. The fraction of sp³-hybridized carbons (Fsp3) is 0.529. The van der Waals surface area contributed by atoms with E-state index in [4.69, 9.17) is 0 Å². The Morgan fingerprint density at radius 3 is 2.64 bits per heavy atom. The van der Waals surface area contributed by atoms with Crippen LogP contribution in [0.15, 0.2) is 18.2 Å². The first-order valence-corrected chi connectivity index (χ1v) is 10.2. The van der Waals surface area contributed by atoms with Crippen LogP contribution in [-0.2, 0) is 21.2 Å². The van der Waals surface area contributed by atoms with E-state index in [0.29, 0.717) is 24.2 Å². The average molecular weight is 367 g/mol. The van der Waals surface area contributed by atoms with Gasteiger partial charge in [0.15, 0.2) is 0 Å². The number of fused-ring (bicyclic) bond motifs is 1. The van der Waals surface area contributed by atoms with Crippen molar-refractivity contribution < 1.29 is 18.0 Å². The van der Waals surface area contributed by atoms with Crippen molar-refractivity contribution in [2.75, 3.05) is 17.1 Å². The molecule has 1 heterocycles. The second-order valence-corrected chi connectivity index (χ2v) is 8.30. The Balaban J connectivity index is 2.14. The van der Waals surface area contributed by atoms with Gasteiger partial charge in [-0.05, 0) is 50.5 Å². The molecule has 0 saturated carbocycles. The normalized spacial score (nSPS) is 17.8. The summed E-state index contributed by atoms with van der Waals surface area (Å²) in [6, 6.07) is 4.11. The number of sulfonamides is 1. The maximum absolute atomic E-state index is 12.4. The van der Waals surface area contributed by atoms with Crippen LogP contribution in [0.25, 0.3) is 0 Å². The molecule has 7 nitrogen and oxygen atoms in total. The lowest BCUT2D eigenvalue weighted by Gasteiger charge is -2.22. The predicted octanol–water partition coefficient (Wildman–Crippen LogP) is 1.04. The van der Waals surface area contributed by atoms with Crippen LogP contribution in [0.4, 0.5) is 5.69 Å². The summed E-state index contributed by atoms with van der Waals surface area (Å²) >= 11 is 0. The highest BCUT2D eigenvalue weighted by atomic mass is 32.2. The van der Waals surface area contributed by atoms with Crippen molar-refractivity contribution in [2.24, 2.45) is 0 Å². The van der Waals surface area contributed by atoms with Crippen molar-refractivity contribution in [3.63, 3.8) is 0 Å². The molecule has 2 atom stereocenters. The zero-order valence-corrected chi connectivity index (χ0v) is 15.8. The van der Waals surface area contributed by atoms with Gasteiger partial charge in [-0.1, -0.05) is 6.92 Å². The number of carbonyl (C=O) groups is 2. The van der Waals surface area contributed by atoms with E-state index in [2.05, 4.69) is 10.6 Å². The molecule has 1 aromatic carbocycles. The van der Waals surface area contributed by atoms with E-state index in [1.54, 1.807) is 25.1 Å². The zero-order chi connectivity index (χ0) is 18.8. The molecular formula is C17H25N3O4S. The van der Waals surface area contributed by atoms with Crippen molar-refractivity contribution in [3.8, 4) is 0 Å². The standard InChI is InChI=1S/C17H25N3O4S/c1-5-8-18-16(21)12(3)19-17(22)13-6-7-15-14(10-13)9-11(2)20(15)25(4,23)24/h6-7,10-12H,5,8-9H2,1-4H3,(H,18,21)(H,19,22)/t11-,12+/m0/s1. The molecule has 1 aliphatic rings. The largest absolute Gasteiger partial charge is 0.354 e.